The van der Waals surface area contributed by atoms with E-state index in [0.29, 0.717) is 25.4 Å². The molecule has 1 aromatic carbocycles. The Morgan fingerprint density at radius 2 is 1.79 bits per heavy atom. The number of amides is 2. The van der Waals surface area contributed by atoms with E-state index < -0.39 is 5.38 Å². The summed E-state index contributed by atoms with van der Waals surface area (Å²) >= 11 is 8.38. The summed E-state index contributed by atoms with van der Waals surface area (Å²) in [5.41, 5.74) is 0.846. The van der Waals surface area contributed by atoms with Crippen LogP contribution in [0.1, 0.15) is 62.3 Å². The minimum Gasteiger partial charge on any atom is -0.341 e. The van der Waals surface area contributed by atoms with Gasteiger partial charge in [-0.1, -0.05) is 56.0 Å². The average molecular weight is 435 g/mol. The SMILES string of the molecule is O=C(C(Cl)c1ccccc1)N1CCC2(CC1)SCCN2C(=O)CCC1CCCC1. The largest absolute Gasteiger partial charge is 0.341 e. The molecule has 0 radical (unpaired) electrons. The first-order valence-corrected chi connectivity index (χ1v) is 12.4. The number of likely N-dealkylation sites (tertiary alicyclic amines) is 1. The quantitative estimate of drug-likeness (QED) is 0.623. The smallest absolute Gasteiger partial charge is 0.245 e. The summed E-state index contributed by atoms with van der Waals surface area (Å²) in [5.74, 6) is 2.06. The average Bonchev–Trinajstić information content (AvgIpc) is 3.42. The Balaban J connectivity index is 1.33. The molecule has 1 atom stereocenters. The van der Waals surface area contributed by atoms with Crippen molar-refractivity contribution in [3.63, 3.8) is 0 Å². The van der Waals surface area contributed by atoms with E-state index in [9.17, 15) is 9.59 Å². The first-order valence-electron chi connectivity index (χ1n) is 11.0. The van der Waals surface area contributed by atoms with Crippen molar-refractivity contribution in [1.29, 1.82) is 0 Å². The van der Waals surface area contributed by atoms with Crippen LogP contribution in [0, 0.1) is 5.92 Å². The van der Waals surface area contributed by atoms with Crippen LogP contribution in [0.25, 0.3) is 0 Å². The van der Waals surface area contributed by atoms with E-state index in [0.717, 1.165) is 43.0 Å². The van der Waals surface area contributed by atoms with Gasteiger partial charge in [0.15, 0.2) is 0 Å². The fraction of sp³-hybridized carbons (Fsp3) is 0.652. The van der Waals surface area contributed by atoms with Gasteiger partial charge in [0.1, 0.15) is 5.38 Å². The zero-order valence-corrected chi connectivity index (χ0v) is 18.6. The standard InChI is InChI=1S/C23H31ClN2O2S/c24-21(19-8-2-1-3-9-19)22(28)25-14-12-23(13-15-25)26(16-17-29-23)20(27)11-10-18-6-4-5-7-18/h1-3,8-9,18,21H,4-7,10-17H2. The molecule has 0 aromatic heterocycles. The van der Waals surface area contributed by atoms with Crippen molar-refractivity contribution in [1.82, 2.24) is 9.80 Å². The molecule has 2 amide bonds. The third-order valence-corrected chi connectivity index (χ3v) is 8.88. The monoisotopic (exact) mass is 434 g/mol. The molecular weight excluding hydrogens is 404 g/mol. The van der Waals surface area contributed by atoms with Gasteiger partial charge in [-0.25, -0.2) is 0 Å². The highest BCUT2D eigenvalue weighted by Gasteiger charge is 2.47. The van der Waals surface area contributed by atoms with Gasteiger partial charge < -0.3 is 9.80 Å². The molecule has 3 fully saturated rings. The first kappa shape index (κ1) is 21.0. The molecule has 3 aliphatic rings. The molecule has 0 bridgehead atoms. The summed E-state index contributed by atoms with van der Waals surface area (Å²) in [4.78, 5) is 29.8. The summed E-state index contributed by atoms with van der Waals surface area (Å²) in [6.45, 7) is 2.20. The molecule has 2 aliphatic heterocycles. The van der Waals surface area contributed by atoms with Crippen molar-refractivity contribution in [3.8, 4) is 0 Å². The van der Waals surface area contributed by atoms with E-state index in [-0.39, 0.29) is 10.8 Å². The number of hydrogen-bond donors (Lipinski definition) is 0. The van der Waals surface area contributed by atoms with Gasteiger partial charge in [0, 0.05) is 31.8 Å². The number of alkyl halides is 1. The second kappa shape index (κ2) is 9.30. The fourth-order valence-electron chi connectivity index (χ4n) is 5.14. The lowest BCUT2D eigenvalue weighted by Crippen LogP contribution is -2.54. The van der Waals surface area contributed by atoms with E-state index in [1.165, 1.54) is 25.7 Å². The number of carbonyl (C=O) groups excluding carboxylic acids is 2. The number of halogens is 1. The second-order valence-electron chi connectivity index (χ2n) is 8.63. The van der Waals surface area contributed by atoms with Crippen molar-refractivity contribution in [3.05, 3.63) is 35.9 Å². The summed E-state index contributed by atoms with van der Waals surface area (Å²) in [7, 11) is 0. The fourth-order valence-corrected chi connectivity index (χ4v) is 6.90. The maximum absolute atomic E-state index is 13.0. The number of hydrogen-bond acceptors (Lipinski definition) is 3. The van der Waals surface area contributed by atoms with E-state index in [4.69, 9.17) is 11.6 Å². The lowest BCUT2D eigenvalue weighted by molar-refractivity contribution is -0.137. The Hall–Kier alpha value is -1.20. The Kier molecular flexibility index (Phi) is 6.75. The molecule has 6 heteroatoms. The van der Waals surface area contributed by atoms with Crippen LogP contribution in [0.4, 0.5) is 0 Å². The summed E-state index contributed by atoms with van der Waals surface area (Å²) in [6.07, 6.45) is 8.68. The van der Waals surface area contributed by atoms with Crippen molar-refractivity contribution < 1.29 is 9.59 Å². The number of nitrogens with zero attached hydrogens (tertiary/aromatic N) is 2. The first-order chi connectivity index (χ1) is 14.1. The molecule has 1 aromatic rings. The highest BCUT2D eigenvalue weighted by Crippen LogP contribution is 2.45. The maximum atomic E-state index is 13.0. The van der Waals surface area contributed by atoms with Gasteiger partial charge in [0.2, 0.25) is 11.8 Å². The Bertz CT molecular complexity index is 715. The van der Waals surface area contributed by atoms with Crippen LogP contribution < -0.4 is 0 Å². The molecule has 1 unspecified atom stereocenters. The van der Waals surface area contributed by atoms with E-state index in [1.54, 1.807) is 0 Å². The number of thioether (sulfide) groups is 1. The molecule has 2 heterocycles. The highest BCUT2D eigenvalue weighted by molar-refractivity contribution is 8.00. The van der Waals surface area contributed by atoms with Gasteiger partial charge >= 0.3 is 0 Å². The second-order valence-corrected chi connectivity index (χ2v) is 10.5. The Labute approximate surface area is 183 Å². The van der Waals surface area contributed by atoms with Gasteiger partial charge in [-0.05, 0) is 30.7 Å². The molecule has 158 valence electrons. The number of benzene rings is 1. The summed E-state index contributed by atoms with van der Waals surface area (Å²) < 4.78 is 0. The van der Waals surface area contributed by atoms with Crippen LogP contribution in [-0.2, 0) is 9.59 Å². The van der Waals surface area contributed by atoms with E-state index >= 15 is 0 Å². The van der Waals surface area contributed by atoms with Gasteiger partial charge in [-0.15, -0.1) is 23.4 Å². The predicted molar refractivity (Wildman–Crippen MR) is 119 cm³/mol. The van der Waals surface area contributed by atoms with E-state index in [1.807, 2.05) is 47.0 Å². The maximum Gasteiger partial charge on any atom is 0.245 e. The predicted octanol–water partition coefficient (Wildman–Crippen LogP) is 4.83. The zero-order valence-electron chi connectivity index (χ0n) is 17.0. The number of piperidine rings is 1. The number of carbonyl (C=O) groups is 2. The molecule has 0 N–H and O–H groups in total. The summed E-state index contributed by atoms with van der Waals surface area (Å²) in [6, 6.07) is 9.55. The Morgan fingerprint density at radius 1 is 1.10 bits per heavy atom. The topological polar surface area (TPSA) is 40.6 Å². The Morgan fingerprint density at radius 3 is 2.48 bits per heavy atom. The van der Waals surface area contributed by atoms with Crippen LogP contribution >= 0.6 is 23.4 Å². The molecule has 2 saturated heterocycles. The van der Waals surface area contributed by atoms with Crippen molar-refractivity contribution in [2.45, 2.75) is 61.6 Å². The molecule has 1 saturated carbocycles. The van der Waals surface area contributed by atoms with Gasteiger partial charge in [-0.2, -0.15) is 0 Å². The third-order valence-electron chi connectivity index (χ3n) is 6.89. The van der Waals surface area contributed by atoms with Gasteiger partial charge in [0.25, 0.3) is 0 Å². The van der Waals surface area contributed by atoms with Crippen molar-refractivity contribution in [2.24, 2.45) is 5.92 Å². The minimum atomic E-state index is -0.634. The van der Waals surface area contributed by atoms with Crippen LogP contribution in [-0.4, -0.2) is 51.9 Å². The zero-order chi connectivity index (χ0) is 20.3. The molecular formula is C23H31ClN2O2S. The lowest BCUT2D eigenvalue weighted by Gasteiger charge is -2.44. The van der Waals surface area contributed by atoms with Crippen LogP contribution in [0.5, 0.6) is 0 Å². The van der Waals surface area contributed by atoms with Crippen LogP contribution in [0.2, 0.25) is 0 Å². The van der Waals surface area contributed by atoms with Crippen LogP contribution in [0.15, 0.2) is 30.3 Å². The lowest BCUT2D eigenvalue weighted by atomic mass is 9.98. The van der Waals surface area contributed by atoms with Crippen LogP contribution in [0.3, 0.4) is 0 Å². The van der Waals surface area contributed by atoms with Crippen molar-refractivity contribution >= 4 is 35.2 Å². The van der Waals surface area contributed by atoms with Gasteiger partial charge in [-0.3, -0.25) is 9.59 Å². The number of rotatable bonds is 5. The third kappa shape index (κ3) is 4.61. The highest BCUT2D eigenvalue weighted by atomic mass is 35.5. The normalized spacial score (nSPS) is 22.9. The van der Waals surface area contributed by atoms with Crippen molar-refractivity contribution in [2.75, 3.05) is 25.4 Å². The molecule has 4 nitrogen and oxygen atoms in total. The molecule has 4 rings (SSSR count). The molecule has 1 aliphatic carbocycles. The van der Waals surface area contributed by atoms with Gasteiger partial charge in [0.05, 0.1) is 4.87 Å². The molecule has 1 spiro atoms. The minimum absolute atomic E-state index is 0.0187. The molecule has 29 heavy (non-hydrogen) atoms. The summed E-state index contributed by atoms with van der Waals surface area (Å²) in [5, 5.41) is -0.634. The van der Waals surface area contributed by atoms with E-state index in [2.05, 4.69) is 4.90 Å².